The fourth-order valence-corrected chi connectivity index (χ4v) is 3.84. The molecule has 0 bridgehead atoms. The van der Waals surface area contributed by atoms with Gasteiger partial charge in [-0.25, -0.2) is 0 Å². The van der Waals surface area contributed by atoms with Crippen LogP contribution in [0.3, 0.4) is 0 Å². The van der Waals surface area contributed by atoms with Crippen LogP contribution in [0.15, 0.2) is 4.99 Å². The van der Waals surface area contributed by atoms with Crippen LogP contribution in [0.2, 0.25) is 0 Å². The van der Waals surface area contributed by atoms with Crippen LogP contribution < -0.4 is 11.1 Å². The predicted octanol–water partition coefficient (Wildman–Crippen LogP) is 0.0327. The Bertz CT molecular complexity index is 447. The number of piperidine rings is 1. The van der Waals surface area contributed by atoms with Gasteiger partial charge in [0.1, 0.15) is 0 Å². The van der Waals surface area contributed by atoms with Crippen molar-refractivity contribution in [1.29, 1.82) is 0 Å². The SMILES string of the molecule is CN=C(NCC(C)CN1CCN(C)CC1)N1CCCC(CC(N)=O)C1. The maximum atomic E-state index is 11.2. The maximum Gasteiger partial charge on any atom is 0.217 e. The van der Waals surface area contributed by atoms with E-state index in [1.807, 2.05) is 7.05 Å². The highest BCUT2D eigenvalue weighted by Gasteiger charge is 2.24. The zero-order valence-corrected chi connectivity index (χ0v) is 16.2. The Balaban J connectivity index is 1.74. The molecule has 2 rings (SSSR count). The number of carbonyl (C=O) groups excluding carboxylic acids is 1. The average molecular weight is 353 g/mol. The fourth-order valence-electron chi connectivity index (χ4n) is 3.84. The molecule has 0 aliphatic carbocycles. The highest BCUT2D eigenvalue weighted by molar-refractivity contribution is 5.80. The normalized spacial score (nSPS) is 25.0. The summed E-state index contributed by atoms with van der Waals surface area (Å²) in [6.07, 6.45) is 2.65. The smallest absolute Gasteiger partial charge is 0.217 e. The Kier molecular flexibility index (Phi) is 7.96. The van der Waals surface area contributed by atoms with Crippen LogP contribution in [0, 0.1) is 11.8 Å². The summed E-state index contributed by atoms with van der Waals surface area (Å²) in [5.41, 5.74) is 5.36. The van der Waals surface area contributed by atoms with Gasteiger partial charge in [0.05, 0.1) is 0 Å². The minimum atomic E-state index is -0.199. The van der Waals surface area contributed by atoms with Gasteiger partial charge < -0.3 is 25.8 Å². The van der Waals surface area contributed by atoms with Gasteiger partial charge in [-0.1, -0.05) is 6.92 Å². The minimum absolute atomic E-state index is 0.199. The first kappa shape index (κ1) is 20.0. The van der Waals surface area contributed by atoms with E-state index >= 15 is 0 Å². The molecule has 2 unspecified atom stereocenters. The van der Waals surface area contributed by atoms with Gasteiger partial charge >= 0.3 is 0 Å². The first-order chi connectivity index (χ1) is 12.0. The van der Waals surface area contributed by atoms with Gasteiger partial charge in [0.25, 0.3) is 0 Å². The Hall–Kier alpha value is -1.34. The number of likely N-dealkylation sites (tertiary alicyclic amines) is 1. The number of hydrogen-bond donors (Lipinski definition) is 2. The molecule has 2 saturated heterocycles. The summed E-state index contributed by atoms with van der Waals surface area (Å²) >= 11 is 0. The summed E-state index contributed by atoms with van der Waals surface area (Å²) in [7, 11) is 4.03. The summed E-state index contributed by atoms with van der Waals surface area (Å²) in [5.74, 6) is 1.69. The van der Waals surface area contributed by atoms with Crippen molar-refractivity contribution in [3.63, 3.8) is 0 Å². The molecule has 2 fully saturated rings. The molecule has 1 amide bonds. The number of carbonyl (C=O) groups is 1. The molecular formula is C18H36N6O. The number of hydrogen-bond acceptors (Lipinski definition) is 4. The van der Waals surface area contributed by atoms with Crippen molar-refractivity contribution in [3.8, 4) is 0 Å². The summed E-state index contributed by atoms with van der Waals surface area (Å²) in [4.78, 5) is 22.9. The molecule has 144 valence electrons. The zero-order chi connectivity index (χ0) is 18.2. The lowest BCUT2D eigenvalue weighted by molar-refractivity contribution is -0.119. The zero-order valence-electron chi connectivity index (χ0n) is 16.2. The number of nitrogens with zero attached hydrogens (tertiary/aromatic N) is 4. The van der Waals surface area contributed by atoms with Gasteiger partial charge in [0.15, 0.2) is 5.96 Å². The molecule has 2 aliphatic rings. The van der Waals surface area contributed by atoms with E-state index in [2.05, 4.69) is 39.0 Å². The third kappa shape index (κ3) is 6.82. The molecule has 25 heavy (non-hydrogen) atoms. The number of rotatable bonds is 6. The number of guanidine groups is 1. The van der Waals surface area contributed by atoms with Crippen LogP contribution >= 0.6 is 0 Å². The molecule has 3 N–H and O–H groups in total. The number of nitrogens with two attached hydrogens (primary N) is 1. The van der Waals surface area contributed by atoms with E-state index in [0.717, 1.165) is 71.2 Å². The summed E-state index contributed by atoms with van der Waals surface area (Å²) in [6, 6.07) is 0. The largest absolute Gasteiger partial charge is 0.370 e. The summed E-state index contributed by atoms with van der Waals surface area (Å²) in [5, 5.41) is 3.53. The van der Waals surface area contributed by atoms with Crippen LogP contribution in [0.4, 0.5) is 0 Å². The van der Waals surface area contributed by atoms with Gasteiger partial charge in [-0.2, -0.15) is 0 Å². The van der Waals surface area contributed by atoms with Gasteiger partial charge in [-0.3, -0.25) is 9.79 Å². The minimum Gasteiger partial charge on any atom is -0.370 e. The quantitative estimate of drug-likeness (QED) is 0.521. The van der Waals surface area contributed by atoms with Crippen LogP contribution in [-0.4, -0.2) is 93.0 Å². The van der Waals surface area contributed by atoms with Crippen LogP contribution in [0.5, 0.6) is 0 Å². The van der Waals surface area contributed by atoms with E-state index in [-0.39, 0.29) is 5.91 Å². The lowest BCUT2D eigenvalue weighted by Crippen LogP contribution is -2.50. The number of aliphatic imine (C=N–C) groups is 1. The average Bonchev–Trinajstić information content (AvgIpc) is 2.57. The van der Waals surface area contributed by atoms with E-state index in [0.29, 0.717) is 18.3 Å². The van der Waals surface area contributed by atoms with E-state index in [4.69, 9.17) is 5.73 Å². The number of piperazine rings is 1. The monoisotopic (exact) mass is 352 g/mol. The Morgan fingerprint density at radius 1 is 1.28 bits per heavy atom. The Labute approximate surface area is 152 Å². The molecule has 0 aromatic carbocycles. The number of amides is 1. The van der Waals surface area contributed by atoms with Crippen molar-refractivity contribution >= 4 is 11.9 Å². The first-order valence-corrected chi connectivity index (χ1v) is 9.62. The number of primary amides is 1. The van der Waals surface area contributed by atoms with Crippen molar-refractivity contribution in [1.82, 2.24) is 20.0 Å². The molecule has 7 nitrogen and oxygen atoms in total. The molecule has 2 atom stereocenters. The standard InChI is InChI=1S/C18H36N6O/c1-15(13-23-9-7-22(3)8-10-23)12-21-18(20-2)24-6-4-5-16(14-24)11-17(19)25/h15-16H,4-14H2,1-3H3,(H2,19,25)(H,20,21). The Morgan fingerprint density at radius 3 is 2.64 bits per heavy atom. The fraction of sp³-hybridized carbons (Fsp3) is 0.889. The molecule has 0 aromatic rings. The third-order valence-corrected chi connectivity index (χ3v) is 5.29. The molecule has 0 spiro atoms. The van der Waals surface area contributed by atoms with Gasteiger partial charge in [-0.15, -0.1) is 0 Å². The van der Waals surface area contributed by atoms with E-state index in [9.17, 15) is 4.79 Å². The molecule has 0 radical (unpaired) electrons. The summed E-state index contributed by atoms with van der Waals surface area (Å²) < 4.78 is 0. The molecule has 7 heteroatoms. The first-order valence-electron chi connectivity index (χ1n) is 9.62. The lowest BCUT2D eigenvalue weighted by Gasteiger charge is -2.36. The number of nitrogens with one attached hydrogen (secondary N) is 1. The van der Waals surface area contributed by atoms with E-state index in [1.54, 1.807) is 0 Å². The van der Waals surface area contributed by atoms with E-state index in [1.165, 1.54) is 0 Å². The number of likely N-dealkylation sites (N-methyl/N-ethyl adjacent to an activating group) is 1. The third-order valence-electron chi connectivity index (χ3n) is 5.29. The topological polar surface area (TPSA) is 77.2 Å². The van der Waals surface area contributed by atoms with Gasteiger partial charge in [-0.05, 0) is 31.7 Å². The predicted molar refractivity (Wildman–Crippen MR) is 103 cm³/mol. The van der Waals surface area contributed by atoms with Crippen molar-refractivity contribution < 1.29 is 4.79 Å². The van der Waals surface area contributed by atoms with Gasteiger partial charge in [0.2, 0.25) is 5.91 Å². The van der Waals surface area contributed by atoms with Gasteiger partial charge in [0, 0.05) is 65.8 Å². The Morgan fingerprint density at radius 2 is 2.00 bits per heavy atom. The second kappa shape index (κ2) is 9.97. The van der Waals surface area contributed by atoms with Crippen molar-refractivity contribution in [2.45, 2.75) is 26.2 Å². The maximum absolute atomic E-state index is 11.2. The highest BCUT2D eigenvalue weighted by Crippen LogP contribution is 2.19. The molecule has 0 aromatic heterocycles. The molecular weight excluding hydrogens is 316 g/mol. The molecule has 2 heterocycles. The van der Waals surface area contributed by atoms with Crippen molar-refractivity contribution in [3.05, 3.63) is 0 Å². The van der Waals surface area contributed by atoms with E-state index < -0.39 is 0 Å². The summed E-state index contributed by atoms with van der Waals surface area (Å²) in [6.45, 7) is 10.9. The van der Waals surface area contributed by atoms with Crippen LogP contribution in [0.1, 0.15) is 26.2 Å². The van der Waals surface area contributed by atoms with Crippen molar-refractivity contribution in [2.24, 2.45) is 22.6 Å². The second-order valence-electron chi connectivity index (χ2n) is 7.76. The molecule has 0 saturated carbocycles. The van der Waals surface area contributed by atoms with Crippen LogP contribution in [0.25, 0.3) is 0 Å². The second-order valence-corrected chi connectivity index (χ2v) is 7.76. The van der Waals surface area contributed by atoms with Crippen LogP contribution in [-0.2, 0) is 4.79 Å². The van der Waals surface area contributed by atoms with Crippen molar-refractivity contribution in [2.75, 3.05) is 66.5 Å². The lowest BCUT2D eigenvalue weighted by atomic mass is 9.95. The molecule has 2 aliphatic heterocycles. The highest BCUT2D eigenvalue weighted by atomic mass is 16.1.